The van der Waals surface area contributed by atoms with Gasteiger partial charge in [0.25, 0.3) is 5.91 Å². The van der Waals surface area contributed by atoms with Crippen molar-refractivity contribution in [2.75, 3.05) is 5.32 Å². The van der Waals surface area contributed by atoms with Crippen LogP contribution in [0.1, 0.15) is 11.1 Å². The summed E-state index contributed by atoms with van der Waals surface area (Å²) in [6.07, 6.45) is -0.836. The third-order valence-electron chi connectivity index (χ3n) is 2.99. The van der Waals surface area contributed by atoms with E-state index in [4.69, 9.17) is 18.0 Å². The van der Waals surface area contributed by atoms with Gasteiger partial charge in [0.2, 0.25) is 6.17 Å². The van der Waals surface area contributed by atoms with Gasteiger partial charge in [-0.2, -0.15) is 0 Å². The maximum atomic E-state index is 12.2. The summed E-state index contributed by atoms with van der Waals surface area (Å²) in [5.41, 5.74) is 8.04. The zero-order valence-electron chi connectivity index (χ0n) is 10.9. The number of hydrogen-bond donors (Lipinski definition) is 3. The molecule has 0 saturated heterocycles. The minimum absolute atomic E-state index is 0.0385. The van der Waals surface area contributed by atoms with Crippen LogP contribution < -0.4 is 16.4 Å². The molecule has 0 fully saturated rings. The Hall–Kier alpha value is -2.25. The molecule has 1 atom stereocenters. The van der Waals surface area contributed by atoms with E-state index in [1.807, 2.05) is 41.8 Å². The molecule has 1 aliphatic heterocycles. The minimum Gasteiger partial charge on any atom is -0.376 e. The summed E-state index contributed by atoms with van der Waals surface area (Å²) in [6.45, 7) is 0. The Morgan fingerprint density at radius 3 is 2.81 bits per heavy atom. The number of thiocarbonyl (C=S) groups is 1. The summed E-state index contributed by atoms with van der Waals surface area (Å²) >= 11 is 6.27. The predicted octanol–water partition coefficient (Wildman–Crippen LogP) is 1.70. The number of benzene rings is 1. The van der Waals surface area contributed by atoms with E-state index >= 15 is 0 Å². The van der Waals surface area contributed by atoms with Crippen molar-refractivity contribution in [3.8, 4) is 0 Å². The third kappa shape index (κ3) is 2.79. The number of rotatable bonds is 2. The SMILES string of the molecule is NC(=S)NC1N=C(c2ccccc2)c2ccsc2NC1=O. The molecule has 0 bridgehead atoms. The van der Waals surface area contributed by atoms with Crippen LogP contribution in [0.15, 0.2) is 46.8 Å². The first kappa shape index (κ1) is 13.7. The first-order valence-corrected chi connectivity index (χ1v) is 7.52. The van der Waals surface area contributed by atoms with Crippen LogP contribution in [0.25, 0.3) is 0 Å². The highest BCUT2D eigenvalue weighted by molar-refractivity contribution is 7.80. The molecule has 0 aliphatic carbocycles. The van der Waals surface area contributed by atoms with Crippen molar-refractivity contribution in [1.82, 2.24) is 5.32 Å². The molecular formula is C14H12N4OS2. The molecule has 1 aliphatic rings. The normalized spacial score (nSPS) is 17.2. The maximum absolute atomic E-state index is 12.2. The van der Waals surface area contributed by atoms with Crippen LogP contribution in [0.3, 0.4) is 0 Å². The topological polar surface area (TPSA) is 79.5 Å². The Kier molecular flexibility index (Phi) is 3.68. The number of fused-ring (bicyclic) bond motifs is 1. The average Bonchev–Trinajstić information content (AvgIpc) is 2.87. The average molecular weight is 316 g/mol. The number of thiophene rings is 1. The molecule has 1 amide bonds. The van der Waals surface area contributed by atoms with Crippen molar-refractivity contribution in [3.05, 3.63) is 52.9 Å². The fourth-order valence-corrected chi connectivity index (χ4v) is 2.99. The smallest absolute Gasteiger partial charge is 0.270 e. The maximum Gasteiger partial charge on any atom is 0.270 e. The van der Waals surface area contributed by atoms with Crippen LogP contribution in [-0.2, 0) is 4.79 Å². The van der Waals surface area contributed by atoms with Crippen molar-refractivity contribution in [2.24, 2.45) is 10.7 Å². The highest BCUT2D eigenvalue weighted by Crippen LogP contribution is 2.28. The zero-order valence-corrected chi connectivity index (χ0v) is 12.5. The van der Waals surface area contributed by atoms with Crippen molar-refractivity contribution < 1.29 is 4.79 Å². The van der Waals surface area contributed by atoms with Crippen LogP contribution in [-0.4, -0.2) is 22.9 Å². The van der Waals surface area contributed by atoms with Gasteiger partial charge in [-0.05, 0) is 23.7 Å². The number of carbonyl (C=O) groups excluding carboxylic acids is 1. The van der Waals surface area contributed by atoms with Gasteiger partial charge in [-0.15, -0.1) is 11.3 Å². The van der Waals surface area contributed by atoms with Crippen LogP contribution in [0.5, 0.6) is 0 Å². The Labute approximate surface area is 130 Å². The molecule has 1 aromatic heterocycles. The fraction of sp³-hybridized carbons (Fsp3) is 0.0714. The lowest BCUT2D eigenvalue weighted by Gasteiger charge is -2.12. The molecule has 106 valence electrons. The Bertz CT molecular complexity index is 724. The van der Waals surface area contributed by atoms with E-state index in [1.54, 1.807) is 0 Å². The van der Waals surface area contributed by atoms with E-state index in [9.17, 15) is 4.79 Å². The van der Waals surface area contributed by atoms with Gasteiger partial charge in [-0.1, -0.05) is 30.3 Å². The van der Waals surface area contributed by atoms with Crippen LogP contribution in [0.4, 0.5) is 5.00 Å². The molecule has 2 heterocycles. The molecule has 0 spiro atoms. The zero-order chi connectivity index (χ0) is 14.8. The Morgan fingerprint density at radius 2 is 2.10 bits per heavy atom. The number of carbonyl (C=O) groups is 1. The van der Waals surface area contributed by atoms with E-state index in [0.717, 1.165) is 21.8 Å². The largest absolute Gasteiger partial charge is 0.376 e. The van der Waals surface area contributed by atoms with E-state index in [-0.39, 0.29) is 11.0 Å². The summed E-state index contributed by atoms with van der Waals surface area (Å²) in [5, 5.41) is 8.29. The Morgan fingerprint density at radius 1 is 1.33 bits per heavy atom. The summed E-state index contributed by atoms with van der Waals surface area (Å²) in [7, 11) is 0. The van der Waals surface area contributed by atoms with Crippen LogP contribution in [0, 0.1) is 0 Å². The molecule has 5 nitrogen and oxygen atoms in total. The van der Waals surface area contributed by atoms with Gasteiger partial charge in [0.1, 0.15) is 5.00 Å². The molecule has 1 aromatic carbocycles. The first-order valence-electron chi connectivity index (χ1n) is 6.23. The molecular weight excluding hydrogens is 304 g/mol. The van der Waals surface area contributed by atoms with Crippen molar-refractivity contribution in [2.45, 2.75) is 6.17 Å². The van der Waals surface area contributed by atoms with E-state index in [1.165, 1.54) is 11.3 Å². The van der Waals surface area contributed by atoms with Crippen molar-refractivity contribution >= 4 is 45.3 Å². The monoisotopic (exact) mass is 316 g/mol. The molecule has 0 saturated carbocycles. The highest BCUT2D eigenvalue weighted by atomic mass is 32.1. The lowest BCUT2D eigenvalue weighted by molar-refractivity contribution is -0.117. The molecule has 2 aromatic rings. The number of nitrogens with zero attached hydrogens (tertiary/aromatic N) is 1. The van der Waals surface area contributed by atoms with Gasteiger partial charge < -0.3 is 16.4 Å². The van der Waals surface area contributed by atoms with E-state index in [0.29, 0.717) is 0 Å². The summed E-state index contributed by atoms with van der Waals surface area (Å²) in [4.78, 5) is 16.7. The standard InChI is InChI=1S/C14H12N4OS2/c15-14(20)17-11-12(19)18-13-9(6-7-21-13)10(16-11)8-4-2-1-3-5-8/h1-7,11H,(H,18,19)(H3,15,17,20). The van der Waals surface area contributed by atoms with Crippen LogP contribution in [0.2, 0.25) is 0 Å². The number of hydrogen-bond acceptors (Lipinski definition) is 4. The van der Waals surface area contributed by atoms with Gasteiger partial charge in [0.15, 0.2) is 5.11 Å². The quantitative estimate of drug-likeness (QED) is 0.737. The number of nitrogens with one attached hydrogen (secondary N) is 2. The van der Waals surface area contributed by atoms with Crippen LogP contribution >= 0.6 is 23.6 Å². The summed E-state index contributed by atoms with van der Waals surface area (Å²) < 4.78 is 0. The summed E-state index contributed by atoms with van der Waals surface area (Å²) in [5.74, 6) is -0.280. The second kappa shape index (κ2) is 5.63. The molecule has 21 heavy (non-hydrogen) atoms. The molecule has 7 heteroatoms. The minimum atomic E-state index is -0.836. The predicted molar refractivity (Wildman–Crippen MR) is 88.7 cm³/mol. The van der Waals surface area contributed by atoms with E-state index in [2.05, 4.69) is 15.6 Å². The number of aliphatic imine (C=N–C) groups is 1. The molecule has 0 radical (unpaired) electrons. The fourth-order valence-electron chi connectivity index (χ4n) is 2.09. The lowest BCUT2D eigenvalue weighted by Crippen LogP contribution is -2.44. The molecule has 1 unspecified atom stereocenters. The van der Waals surface area contributed by atoms with Gasteiger partial charge >= 0.3 is 0 Å². The van der Waals surface area contributed by atoms with Crippen molar-refractivity contribution in [1.29, 1.82) is 0 Å². The van der Waals surface area contributed by atoms with Gasteiger partial charge in [-0.3, -0.25) is 4.79 Å². The van der Waals surface area contributed by atoms with Gasteiger partial charge in [0, 0.05) is 11.1 Å². The molecule has 3 rings (SSSR count). The Balaban J connectivity index is 2.12. The first-order chi connectivity index (χ1) is 10.1. The number of anilines is 1. The van der Waals surface area contributed by atoms with Gasteiger partial charge in [0.05, 0.1) is 5.71 Å². The van der Waals surface area contributed by atoms with Crippen molar-refractivity contribution in [3.63, 3.8) is 0 Å². The third-order valence-corrected chi connectivity index (χ3v) is 3.94. The second-order valence-corrected chi connectivity index (χ2v) is 5.76. The van der Waals surface area contributed by atoms with Gasteiger partial charge in [-0.25, -0.2) is 4.99 Å². The summed E-state index contributed by atoms with van der Waals surface area (Å²) in [6, 6.07) is 11.6. The number of amides is 1. The highest BCUT2D eigenvalue weighted by Gasteiger charge is 2.26. The molecule has 4 N–H and O–H groups in total. The lowest BCUT2D eigenvalue weighted by atomic mass is 10.0. The number of nitrogens with two attached hydrogens (primary N) is 1. The van der Waals surface area contributed by atoms with E-state index < -0.39 is 6.17 Å². The second-order valence-electron chi connectivity index (χ2n) is 4.41.